The van der Waals surface area contributed by atoms with Crippen LogP contribution in [0.15, 0.2) is 0 Å². The number of rotatable bonds is 3. The molecule has 2 fully saturated rings. The first-order chi connectivity index (χ1) is 6.72. The second-order valence-corrected chi connectivity index (χ2v) is 3.93. The van der Waals surface area contributed by atoms with Crippen LogP contribution in [-0.2, 0) is 14.3 Å². The molecule has 0 N–H and O–H groups in total. The highest BCUT2D eigenvalue weighted by molar-refractivity contribution is 6.01. The van der Waals surface area contributed by atoms with Gasteiger partial charge in [-0.2, -0.15) is 0 Å². The fourth-order valence-corrected chi connectivity index (χ4v) is 1.88. The largest absolute Gasteiger partial charge is 0.465 e. The van der Waals surface area contributed by atoms with E-state index in [-0.39, 0.29) is 11.8 Å². The molecule has 0 bridgehead atoms. The van der Waals surface area contributed by atoms with Crippen LogP contribution in [0, 0.1) is 5.92 Å². The minimum Gasteiger partial charge on any atom is -0.465 e. The smallest absolute Gasteiger partial charge is 0.317 e. The molecule has 14 heavy (non-hydrogen) atoms. The molecule has 4 nitrogen and oxygen atoms in total. The zero-order valence-corrected chi connectivity index (χ0v) is 8.36. The lowest BCUT2D eigenvalue weighted by atomic mass is 10.1. The van der Waals surface area contributed by atoms with E-state index in [9.17, 15) is 9.59 Å². The Hall–Kier alpha value is -0.900. The van der Waals surface area contributed by atoms with Gasteiger partial charge in [0.05, 0.1) is 13.2 Å². The monoisotopic (exact) mass is 197 g/mol. The van der Waals surface area contributed by atoms with E-state index in [1.165, 1.54) is 12.8 Å². The fraction of sp³-hybridized carbons (Fsp3) is 0.800. The van der Waals surface area contributed by atoms with Crippen molar-refractivity contribution in [3.63, 3.8) is 0 Å². The maximum absolute atomic E-state index is 11.5. The van der Waals surface area contributed by atoms with Gasteiger partial charge in [-0.3, -0.25) is 14.5 Å². The summed E-state index contributed by atoms with van der Waals surface area (Å²) < 4.78 is 4.86. The Morgan fingerprint density at radius 3 is 2.86 bits per heavy atom. The van der Waals surface area contributed by atoms with Crippen molar-refractivity contribution in [2.45, 2.75) is 25.8 Å². The molecule has 1 aliphatic heterocycles. The predicted molar refractivity (Wildman–Crippen MR) is 49.7 cm³/mol. The summed E-state index contributed by atoms with van der Waals surface area (Å²) in [5, 5.41) is 0. The maximum atomic E-state index is 11.5. The summed E-state index contributed by atoms with van der Waals surface area (Å²) in [4.78, 5) is 25.0. The number of carbonyl (C=O) groups excluding carboxylic acids is 2. The van der Waals surface area contributed by atoms with Gasteiger partial charge in [-0.15, -0.1) is 0 Å². The Morgan fingerprint density at radius 1 is 1.57 bits per heavy atom. The van der Waals surface area contributed by atoms with Gasteiger partial charge >= 0.3 is 5.97 Å². The van der Waals surface area contributed by atoms with Gasteiger partial charge in [-0.1, -0.05) is 0 Å². The molecule has 0 aromatic carbocycles. The highest BCUT2D eigenvalue weighted by Crippen LogP contribution is 2.30. The topological polar surface area (TPSA) is 46.6 Å². The molecule has 0 amide bonds. The molecule has 1 heterocycles. The maximum Gasteiger partial charge on any atom is 0.317 e. The summed E-state index contributed by atoms with van der Waals surface area (Å²) in [5.41, 5.74) is 0. The quantitative estimate of drug-likeness (QED) is 0.479. The Bertz CT molecular complexity index is 260. The summed E-state index contributed by atoms with van der Waals surface area (Å²) in [5.74, 6) is -0.841. The van der Waals surface area contributed by atoms with Crippen LogP contribution in [0.2, 0.25) is 0 Å². The van der Waals surface area contributed by atoms with E-state index >= 15 is 0 Å². The van der Waals surface area contributed by atoms with Crippen molar-refractivity contribution in [1.82, 2.24) is 4.90 Å². The lowest BCUT2D eigenvalue weighted by molar-refractivity contribution is -0.149. The van der Waals surface area contributed by atoms with Gasteiger partial charge in [-0.05, 0) is 19.8 Å². The molecule has 0 radical (unpaired) electrons. The van der Waals surface area contributed by atoms with Crippen LogP contribution in [0.5, 0.6) is 0 Å². The molecular formula is C10H15NO3. The van der Waals surface area contributed by atoms with Gasteiger partial charge in [0.15, 0.2) is 5.78 Å². The van der Waals surface area contributed by atoms with Crippen LogP contribution in [0.4, 0.5) is 0 Å². The molecule has 1 atom stereocenters. The van der Waals surface area contributed by atoms with Gasteiger partial charge < -0.3 is 4.74 Å². The molecule has 0 aromatic heterocycles. The van der Waals surface area contributed by atoms with E-state index < -0.39 is 5.92 Å². The number of ketones is 1. The Kier molecular flexibility index (Phi) is 2.54. The standard InChI is InChI=1S/C10H15NO3/c1-2-14-10(13)8-5-11(6-9(8)12)7-3-4-7/h7-8H,2-6H2,1H3. The van der Waals surface area contributed by atoms with Gasteiger partial charge in [-0.25, -0.2) is 0 Å². The number of ether oxygens (including phenoxy) is 1. The summed E-state index contributed by atoms with van der Waals surface area (Å²) >= 11 is 0. The number of hydrogen-bond donors (Lipinski definition) is 0. The van der Waals surface area contributed by atoms with E-state index in [1.807, 2.05) is 0 Å². The Balaban J connectivity index is 1.93. The summed E-state index contributed by atoms with van der Waals surface area (Å²) in [6.07, 6.45) is 2.34. The fourth-order valence-electron chi connectivity index (χ4n) is 1.88. The number of Topliss-reactive ketones (excluding diaryl/α,β-unsaturated/α-hetero) is 1. The minimum atomic E-state index is -0.518. The number of hydrogen-bond acceptors (Lipinski definition) is 4. The summed E-state index contributed by atoms with van der Waals surface area (Å²) in [6, 6.07) is 0.554. The number of likely N-dealkylation sites (tertiary alicyclic amines) is 1. The van der Waals surface area contributed by atoms with Crippen LogP contribution in [-0.4, -0.2) is 42.4 Å². The molecule has 0 spiro atoms. The van der Waals surface area contributed by atoms with E-state index in [0.717, 1.165) is 0 Å². The number of carbonyl (C=O) groups is 2. The van der Waals surface area contributed by atoms with Crippen molar-refractivity contribution in [1.29, 1.82) is 0 Å². The third-order valence-electron chi connectivity index (χ3n) is 2.80. The molecule has 1 saturated heterocycles. The molecule has 2 aliphatic rings. The highest BCUT2D eigenvalue weighted by Gasteiger charge is 2.42. The van der Waals surface area contributed by atoms with Crippen molar-refractivity contribution in [2.24, 2.45) is 5.92 Å². The highest BCUT2D eigenvalue weighted by atomic mass is 16.5. The molecule has 4 heteroatoms. The van der Waals surface area contributed by atoms with E-state index in [2.05, 4.69) is 4.90 Å². The van der Waals surface area contributed by atoms with Gasteiger partial charge in [0.1, 0.15) is 5.92 Å². The van der Waals surface area contributed by atoms with Gasteiger partial charge in [0.2, 0.25) is 0 Å². The van der Waals surface area contributed by atoms with Crippen molar-refractivity contribution in [3.05, 3.63) is 0 Å². The second kappa shape index (κ2) is 3.69. The Labute approximate surface area is 83.2 Å². The van der Waals surface area contributed by atoms with E-state index in [1.54, 1.807) is 6.92 Å². The van der Waals surface area contributed by atoms with Crippen LogP contribution in [0.3, 0.4) is 0 Å². The van der Waals surface area contributed by atoms with Crippen molar-refractivity contribution in [2.75, 3.05) is 19.7 Å². The van der Waals surface area contributed by atoms with Gasteiger partial charge in [0.25, 0.3) is 0 Å². The number of esters is 1. The normalized spacial score (nSPS) is 28.1. The molecule has 2 rings (SSSR count). The first-order valence-corrected chi connectivity index (χ1v) is 5.15. The zero-order valence-electron chi connectivity index (χ0n) is 8.36. The first-order valence-electron chi connectivity index (χ1n) is 5.15. The predicted octanol–water partition coefficient (Wildman–Crippen LogP) is 0.213. The molecule has 78 valence electrons. The lowest BCUT2D eigenvalue weighted by Crippen LogP contribution is -2.26. The summed E-state index contributed by atoms with van der Waals surface area (Å²) in [7, 11) is 0. The minimum absolute atomic E-state index is 0.0235. The second-order valence-electron chi connectivity index (χ2n) is 3.93. The van der Waals surface area contributed by atoms with Crippen LogP contribution >= 0.6 is 0 Å². The first kappa shape index (κ1) is 9.65. The average Bonchev–Trinajstić information content (AvgIpc) is 2.91. The summed E-state index contributed by atoms with van der Waals surface area (Å²) in [6.45, 7) is 3.12. The van der Waals surface area contributed by atoms with Gasteiger partial charge in [0, 0.05) is 12.6 Å². The molecule has 1 aliphatic carbocycles. The van der Waals surface area contributed by atoms with E-state index in [4.69, 9.17) is 4.74 Å². The SMILES string of the molecule is CCOC(=O)C1CN(C2CC2)CC1=O. The molecule has 1 saturated carbocycles. The molecule has 0 aromatic rings. The van der Waals surface area contributed by atoms with Crippen molar-refractivity contribution < 1.29 is 14.3 Å². The van der Waals surface area contributed by atoms with Crippen LogP contribution < -0.4 is 0 Å². The van der Waals surface area contributed by atoms with Crippen molar-refractivity contribution in [3.8, 4) is 0 Å². The number of nitrogens with zero attached hydrogens (tertiary/aromatic N) is 1. The zero-order chi connectivity index (χ0) is 10.1. The average molecular weight is 197 g/mol. The Morgan fingerprint density at radius 2 is 2.29 bits per heavy atom. The lowest BCUT2D eigenvalue weighted by Gasteiger charge is -2.12. The third kappa shape index (κ3) is 1.80. The van der Waals surface area contributed by atoms with Crippen LogP contribution in [0.1, 0.15) is 19.8 Å². The van der Waals surface area contributed by atoms with Crippen LogP contribution in [0.25, 0.3) is 0 Å². The van der Waals surface area contributed by atoms with E-state index in [0.29, 0.717) is 25.7 Å². The third-order valence-corrected chi connectivity index (χ3v) is 2.80. The molecule has 1 unspecified atom stereocenters. The molecular weight excluding hydrogens is 182 g/mol. The van der Waals surface area contributed by atoms with Crippen molar-refractivity contribution >= 4 is 11.8 Å².